The van der Waals surface area contributed by atoms with Crippen molar-refractivity contribution in [2.24, 2.45) is 5.73 Å². The minimum atomic E-state index is -4.20. The zero-order valence-corrected chi connectivity index (χ0v) is 58.6. The number of nitrogens with one attached hydrogen (secondary N) is 2. The lowest BCUT2D eigenvalue weighted by Gasteiger charge is -2.34. The Balaban J connectivity index is 1.24. The third-order valence-electron chi connectivity index (χ3n) is 16.5. The highest BCUT2D eigenvalue weighted by Gasteiger charge is 2.29. The van der Waals surface area contributed by atoms with Gasteiger partial charge in [0.15, 0.2) is 19.0 Å². The van der Waals surface area contributed by atoms with Gasteiger partial charge in [-0.3, -0.25) is 38.2 Å². The number of ether oxygens (including phenoxy) is 5. The van der Waals surface area contributed by atoms with Gasteiger partial charge < -0.3 is 55.4 Å². The average Bonchev–Trinajstić information content (AvgIpc) is 0.900. The summed E-state index contributed by atoms with van der Waals surface area (Å²) in [6.07, 6.45) is 2.04. The molecule has 7 rings (SSSR count). The number of carbonyl (C=O) groups excluding carboxylic acids is 3. The maximum atomic E-state index is 13.0. The van der Waals surface area contributed by atoms with Crippen LogP contribution in [0.2, 0.25) is 0 Å². The van der Waals surface area contributed by atoms with Gasteiger partial charge in [-0.25, -0.2) is 29.3 Å². The van der Waals surface area contributed by atoms with Crippen molar-refractivity contribution in [2.45, 2.75) is 98.8 Å². The van der Waals surface area contributed by atoms with Crippen molar-refractivity contribution in [3.05, 3.63) is 129 Å². The number of nitrogens with zero attached hydrogens (tertiary/aromatic N) is 6. The Morgan fingerprint density at radius 3 is 1.37 bits per heavy atom. The predicted molar refractivity (Wildman–Crippen MR) is 369 cm³/mol. The Bertz CT molecular complexity index is 4170. The van der Waals surface area contributed by atoms with E-state index in [9.17, 15) is 60.9 Å². The van der Waals surface area contributed by atoms with E-state index >= 15 is 0 Å². The second-order valence-electron chi connectivity index (χ2n) is 24.4. The molecule has 3 aromatic heterocycles. The molecule has 0 radical (unpaired) electrons. The molecule has 1 saturated heterocycles. The topological polar surface area (TPSA) is 416 Å². The molecule has 1 aliphatic heterocycles. The van der Waals surface area contributed by atoms with E-state index in [4.69, 9.17) is 38.5 Å². The molecule has 4 heterocycles. The van der Waals surface area contributed by atoms with Crippen LogP contribution in [0.3, 0.4) is 0 Å². The summed E-state index contributed by atoms with van der Waals surface area (Å²) in [6, 6.07) is 19.2. The van der Waals surface area contributed by atoms with Crippen molar-refractivity contribution < 1.29 is 93.7 Å². The normalized spacial score (nSPS) is 14.1. The highest BCUT2D eigenvalue weighted by atomic mass is 32.2. The molecule has 29 nitrogen and oxygen atoms in total. The molecule has 0 bridgehead atoms. The first-order valence-corrected chi connectivity index (χ1v) is 35.6. The van der Waals surface area contributed by atoms with Gasteiger partial charge in [-0.2, -0.15) is 16.8 Å². The first kappa shape index (κ1) is 78.1. The monoisotopic (exact) mass is 1430 g/mol. The fourth-order valence-corrected chi connectivity index (χ4v) is 12.9. The molecule has 0 spiro atoms. The van der Waals surface area contributed by atoms with E-state index in [0.717, 1.165) is 12.8 Å². The first-order chi connectivity index (χ1) is 47.4. The second kappa shape index (κ2) is 36.2. The molecule has 1 fully saturated rings. The molecule has 6 aromatic rings. The Hall–Kier alpha value is -9.21. The smallest absolute Gasteiger partial charge is 0.354 e. The molecule has 1 unspecified atom stereocenters. The van der Waals surface area contributed by atoms with E-state index in [1.807, 2.05) is 13.8 Å². The number of carboxylic acids is 3. The Morgan fingerprint density at radius 1 is 0.520 bits per heavy atom. The van der Waals surface area contributed by atoms with Gasteiger partial charge in [0.1, 0.15) is 52.4 Å². The number of aromatic nitrogens is 3. The van der Waals surface area contributed by atoms with Crippen LogP contribution in [-0.4, -0.2) is 210 Å². The van der Waals surface area contributed by atoms with E-state index < -0.39 is 68.2 Å². The number of carbonyl (C=O) groups is 6. The Morgan fingerprint density at radius 2 is 0.920 bits per heavy atom. The molecule has 1 aliphatic rings. The SMILES string of the molecule is CCCCNC(=O)COc1cc(C)c(-c2cc(CN3CCN(Cc4cc(-c5c(C)cc(OCC(=O)CCCCS(=O)(=O)O)cc5OC)cc(C(=O)O)n4)CCN(Cc4cc(-c5c(C)cc(OCC(=O)NCCCS(=O)(=O)O)cc5C)cc(C(=O)O)n4)CC3CN)nc(C(=O)O)c2)c(OC)c1. The van der Waals surface area contributed by atoms with Crippen LogP contribution in [0, 0.1) is 27.7 Å². The lowest BCUT2D eigenvalue weighted by Crippen LogP contribution is -2.48. The number of hydrogen-bond donors (Lipinski definition) is 8. The van der Waals surface area contributed by atoms with E-state index in [-0.39, 0.29) is 113 Å². The molecule has 31 heteroatoms. The minimum Gasteiger partial charge on any atom is -0.496 e. The van der Waals surface area contributed by atoms with Crippen molar-refractivity contribution in [3.8, 4) is 62.1 Å². The van der Waals surface area contributed by atoms with Crippen molar-refractivity contribution in [1.29, 1.82) is 0 Å². The number of aryl methyl sites for hydroxylation is 4. The maximum Gasteiger partial charge on any atom is 0.354 e. The standard InChI is InChI=1S/C69H87N9O20S2/c1-8-9-14-71-62(80)41-98-56-25-45(5)66(61(33-56)95-7)48-28-51(75-59(31-48)69(86)87)37-78-19-18-76(35-49-27-47(30-58(73-49)68(84)85)65-44(4)24-55(32-60(65)94-6)96-39-53(79)13-10-11-20-99(88,89)90)16-17-77(38-52(78)34-70)36-50-26-46(29-57(74-50)67(82)83)64-42(2)22-54(23-43(64)3)97-40-63(81)72-15-12-21-100(91,92)93/h22-33,52H,8-21,34-41,70H2,1-7H3,(H,71,80)(H,72,81)(H,82,83)(H,84,85)(H,86,87)(H,88,89,90)(H,91,92,93). The number of carboxylic acid groups (broad SMARTS) is 3. The van der Waals surface area contributed by atoms with Gasteiger partial charge in [0.25, 0.3) is 32.1 Å². The van der Waals surface area contributed by atoms with Crippen LogP contribution in [0.15, 0.2) is 72.8 Å². The largest absolute Gasteiger partial charge is 0.496 e. The lowest BCUT2D eigenvalue weighted by atomic mass is 9.94. The van der Waals surface area contributed by atoms with Crippen LogP contribution in [-0.2, 0) is 54.3 Å². The number of ketones is 1. The summed E-state index contributed by atoms with van der Waals surface area (Å²) in [5.41, 5.74) is 12.9. The molecular weight excluding hydrogens is 1340 g/mol. The fourth-order valence-electron chi connectivity index (χ4n) is 11.8. The summed E-state index contributed by atoms with van der Waals surface area (Å²) < 4.78 is 91.8. The summed E-state index contributed by atoms with van der Waals surface area (Å²) in [6.45, 7) is 10.6. The Labute approximate surface area is 580 Å². The number of nitrogens with two attached hydrogens (primary N) is 1. The molecule has 2 amide bonds. The summed E-state index contributed by atoms with van der Waals surface area (Å²) in [5.74, 6) is -4.40. The van der Waals surface area contributed by atoms with E-state index in [2.05, 4.69) is 40.3 Å². The number of amides is 2. The quantitative estimate of drug-likeness (QED) is 0.0155. The zero-order valence-electron chi connectivity index (χ0n) is 57.0. The van der Waals surface area contributed by atoms with Crippen LogP contribution in [0.1, 0.15) is 116 Å². The first-order valence-electron chi connectivity index (χ1n) is 32.4. The number of methoxy groups -OCH3 is 2. The van der Waals surface area contributed by atoms with Gasteiger partial charge in [-0.15, -0.1) is 0 Å². The van der Waals surface area contributed by atoms with Gasteiger partial charge in [0, 0.05) is 108 Å². The number of unbranched alkanes of at least 4 members (excludes halogenated alkanes) is 2. The molecular formula is C69H87N9O20S2. The van der Waals surface area contributed by atoms with Crippen molar-refractivity contribution in [3.63, 3.8) is 0 Å². The van der Waals surface area contributed by atoms with Crippen LogP contribution in [0.25, 0.3) is 33.4 Å². The average molecular weight is 1430 g/mol. The molecule has 9 N–H and O–H groups in total. The molecule has 100 heavy (non-hydrogen) atoms. The molecule has 0 saturated carbocycles. The number of benzene rings is 3. The molecule has 0 aliphatic carbocycles. The maximum absolute atomic E-state index is 13.0. The number of Topliss-reactive ketones (excluding diaryl/α,β-unsaturated/α-hetero) is 1. The molecule has 540 valence electrons. The van der Waals surface area contributed by atoms with Gasteiger partial charge >= 0.3 is 17.9 Å². The number of hydrogen-bond acceptors (Lipinski definition) is 22. The van der Waals surface area contributed by atoms with E-state index in [1.165, 1.54) is 32.4 Å². The van der Waals surface area contributed by atoms with E-state index in [0.29, 0.717) is 128 Å². The summed E-state index contributed by atoms with van der Waals surface area (Å²) >= 11 is 0. The zero-order chi connectivity index (χ0) is 73.0. The van der Waals surface area contributed by atoms with E-state index in [1.54, 1.807) is 75.4 Å². The van der Waals surface area contributed by atoms with Crippen molar-refractivity contribution >= 4 is 55.7 Å². The summed E-state index contributed by atoms with van der Waals surface area (Å²) in [5, 5.41) is 37.1. The van der Waals surface area contributed by atoms with Crippen LogP contribution in [0.5, 0.6) is 28.7 Å². The van der Waals surface area contributed by atoms with Crippen molar-refractivity contribution in [1.82, 2.24) is 40.3 Å². The van der Waals surface area contributed by atoms with Gasteiger partial charge in [-0.05, 0) is 159 Å². The minimum absolute atomic E-state index is 0.00601. The third kappa shape index (κ3) is 23.5. The fraction of sp³-hybridized carbons (Fsp3) is 0.435. The third-order valence-corrected chi connectivity index (χ3v) is 18.1. The highest BCUT2D eigenvalue weighted by molar-refractivity contribution is 7.86. The molecule has 1 atom stereocenters. The van der Waals surface area contributed by atoms with Gasteiger partial charge in [0.05, 0.1) is 42.8 Å². The number of rotatable bonds is 36. The second-order valence-corrected chi connectivity index (χ2v) is 27.5. The molecule has 3 aromatic carbocycles. The highest BCUT2D eigenvalue weighted by Crippen LogP contribution is 2.40. The van der Waals surface area contributed by atoms with Crippen LogP contribution < -0.4 is 40.1 Å². The van der Waals surface area contributed by atoms with Crippen molar-refractivity contribution in [2.75, 3.05) is 97.9 Å². The number of aromatic carboxylic acids is 3. The van der Waals surface area contributed by atoms with Crippen LogP contribution >= 0.6 is 0 Å². The number of pyridine rings is 3. The van der Waals surface area contributed by atoms with Crippen LogP contribution in [0.4, 0.5) is 0 Å². The predicted octanol–water partition coefficient (Wildman–Crippen LogP) is 6.44. The summed E-state index contributed by atoms with van der Waals surface area (Å²) in [4.78, 5) is 96.9. The summed E-state index contributed by atoms with van der Waals surface area (Å²) in [7, 11) is -5.47. The lowest BCUT2D eigenvalue weighted by molar-refractivity contribution is -0.123. The van der Waals surface area contributed by atoms with Gasteiger partial charge in [-0.1, -0.05) is 13.3 Å². The Kier molecular flexibility index (Phi) is 28.3. The van der Waals surface area contributed by atoms with Gasteiger partial charge in [0.2, 0.25) is 0 Å².